The Morgan fingerprint density at radius 2 is 1.66 bits per heavy atom. The molecular weight excluding hydrogens is 440 g/mol. The molecule has 35 heavy (non-hydrogen) atoms. The van der Waals surface area contributed by atoms with Crippen molar-refractivity contribution in [2.45, 2.75) is 33.4 Å². The normalized spacial score (nSPS) is 14.8. The number of pyridine rings is 1. The molecule has 3 heterocycles. The Kier molecular flexibility index (Phi) is 6.23. The molecule has 7 heteroatoms. The van der Waals surface area contributed by atoms with Gasteiger partial charge in [-0.2, -0.15) is 5.10 Å². The van der Waals surface area contributed by atoms with Gasteiger partial charge < -0.3 is 14.4 Å². The lowest BCUT2D eigenvalue weighted by molar-refractivity contribution is 0.0729. The molecule has 1 aliphatic rings. The molecule has 2 aromatic carbocycles. The van der Waals surface area contributed by atoms with Crippen LogP contribution in [0.4, 0.5) is 0 Å². The summed E-state index contributed by atoms with van der Waals surface area (Å²) < 4.78 is 11.7. The van der Waals surface area contributed by atoms with Crippen LogP contribution in [-0.2, 0) is 6.54 Å². The van der Waals surface area contributed by atoms with E-state index in [4.69, 9.17) is 9.47 Å². The third-order valence-electron chi connectivity index (χ3n) is 6.17. The van der Waals surface area contributed by atoms with Gasteiger partial charge in [0.25, 0.3) is 5.91 Å². The average molecular weight is 469 g/mol. The predicted octanol–water partition coefficient (Wildman–Crippen LogP) is 5.32. The zero-order valence-corrected chi connectivity index (χ0v) is 20.1. The molecule has 1 amide bonds. The van der Waals surface area contributed by atoms with Gasteiger partial charge in [-0.1, -0.05) is 35.9 Å². The predicted molar refractivity (Wildman–Crippen MR) is 133 cm³/mol. The van der Waals surface area contributed by atoms with Crippen molar-refractivity contribution >= 4 is 5.91 Å². The first kappa shape index (κ1) is 22.7. The lowest BCUT2D eigenvalue weighted by Crippen LogP contribution is -2.29. The number of hydrogen-bond donors (Lipinski definition) is 1. The highest BCUT2D eigenvalue weighted by Crippen LogP contribution is 2.45. The van der Waals surface area contributed by atoms with Crippen LogP contribution in [0.3, 0.4) is 0 Å². The minimum Gasteiger partial charge on any atom is -0.490 e. The number of aryl methyl sites for hydroxylation is 1. The van der Waals surface area contributed by atoms with Crippen molar-refractivity contribution < 1.29 is 14.3 Å². The number of aromatic nitrogens is 3. The minimum atomic E-state index is -0.337. The van der Waals surface area contributed by atoms with Crippen LogP contribution in [0.15, 0.2) is 67.0 Å². The molecule has 5 rings (SSSR count). The molecule has 0 spiro atoms. The number of carbonyl (C=O) groups is 1. The Balaban J connectivity index is 1.65. The Morgan fingerprint density at radius 3 is 2.37 bits per heavy atom. The van der Waals surface area contributed by atoms with Crippen LogP contribution in [0.1, 0.15) is 52.6 Å². The molecule has 0 saturated heterocycles. The van der Waals surface area contributed by atoms with Gasteiger partial charge in [0.1, 0.15) is 5.69 Å². The van der Waals surface area contributed by atoms with Crippen LogP contribution in [0, 0.1) is 6.92 Å². The Hall–Kier alpha value is -4.13. The van der Waals surface area contributed by atoms with E-state index < -0.39 is 0 Å². The summed E-state index contributed by atoms with van der Waals surface area (Å²) in [6.45, 7) is 7.44. The van der Waals surface area contributed by atoms with Crippen LogP contribution >= 0.6 is 0 Å². The van der Waals surface area contributed by atoms with Crippen molar-refractivity contribution in [1.82, 2.24) is 20.1 Å². The first-order valence-electron chi connectivity index (χ1n) is 11.8. The molecule has 0 fully saturated rings. The highest BCUT2D eigenvalue weighted by molar-refractivity contribution is 6.00. The number of benzene rings is 2. The van der Waals surface area contributed by atoms with Crippen molar-refractivity contribution in [3.63, 3.8) is 0 Å². The number of aromatic amines is 1. The summed E-state index contributed by atoms with van der Waals surface area (Å²) in [5.74, 6) is 1.27. The van der Waals surface area contributed by atoms with E-state index >= 15 is 0 Å². The van der Waals surface area contributed by atoms with Gasteiger partial charge >= 0.3 is 0 Å². The SMILES string of the molecule is CCOc1ccc(C2c3c(-c4ccc(C)cc4)n[nH]c3C(=O)N2Cc2ccncc2)cc1OCC. The maximum atomic E-state index is 13.6. The molecule has 1 aliphatic heterocycles. The summed E-state index contributed by atoms with van der Waals surface area (Å²) in [6.07, 6.45) is 3.49. The van der Waals surface area contributed by atoms with Gasteiger partial charge in [0.05, 0.1) is 24.9 Å². The highest BCUT2D eigenvalue weighted by Gasteiger charge is 2.42. The van der Waals surface area contributed by atoms with E-state index in [9.17, 15) is 4.79 Å². The van der Waals surface area contributed by atoms with Crippen LogP contribution in [0.2, 0.25) is 0 Å². The second-order valence-corrected chi connectivity index (χ2v) is 8.49. The van der Waals surface area contributed by atoms with Gasteiger partial charge in [-0.05, 0) is 56.2 Å². The average Bonchev–Trinajstić information content (AvgIpc) is 3.41. The van der Waals surface area contributed by atoms with E-state index in [1.54, 1.807) is 12.4 Å². The van der Waals surface area contributed by atoms with Crippen LogP contribution in [0.25, 0.3) is 11.3 Å². The van der Waals surface area contributed by atoms with Crippen LogP contribution < -0.4 is 9.47 Å². The number of rotatable bonds is 8. The van der Waals surface area contributed by atoms with E-state index in [0.717, 1.165) is 27.9 Å². The Bertz CT molecular complexity index is 1330. The summed E-state index contributed by atoms with van der Waals surface area (Å²) in [7, 11) is 0. The first-order chi connectivity index (χ1) is 17.1. The fourth-order valence-electron chi connectivity index (χ4n) is 4.56. The summed E-state index contributed by atoms with van der Waals surface area (Å²) in [5, 5.41) is 7.60. The maximum Gasteiger partial charge on any atom is 0.273 e. The monoisotopic (exact) mass is 468 g/mol. The van der Waals surface area contributed by atoms with Gasteiger partial charge in [-0.25, -0.2) is 0 Å². The number of fused-ring (bicyclic) bond motifs is 1. The fraction of sp³-hybridized carbons (Fsp3) is 0.250. The number of hydrogen-bond acceptors (Lipinski definition) is 5. The molecule has 0 bridgehead atoms. The third-order valence-corrected chi connectivity index (χ3v) is 6.17. The van der Waals surface area contributed by atoms with Gasteiger partial charge in [0.15, 0.2) is 11.5 Å². The molecule has 0 saturated carbocycles. The summed E-state index contributed by atoms with van der Waals surface area (Å²) in [6, 6.07) is 17.6. The molecule has 7 nitrogen and oxygen atoms in total. The first-order valence-corrected chi connectivity index (χ1v) is 11.8. The summed E-state index contributed by atoms with van der Waals surface area (Å²) >= 11 is 0. The maximum absolute atomic E-state index is 13.6. The number of nitrogens with one attached hydrogen (secondary N) is 1. The van der Waals surface area contributed by atoms with Crippen molar-refractivity contribution in [2.75, 3.05) is 13.2 Å². The van der Waals surface area contributed by atoms with Gasteiger partial charge in [0, 0.05) is 30.1 Å². The molecule has 0 radical (unpaired) electrons. The zero-order chi connectivity index (χ0) is 24.4. The minimum absolute atomic E-state index is 0.0838. The largest absolute Gasteiger partial charge is 0.490 e. The van der Waals surface area contributed by atoms with Crippen LogP contribution in [-0.4, -0.2) is 39.2 Å². The van der Waals surface area contributed by atoms with E-state index in [2.05, 4.69) is 34.2 Å². The second-order valence-electron chi connectivity index (χ2n) is 8.49. The third kappa shape index (κ3) is 4.25. The van der Waals surface area contributed by atoms with Crippen molar-refractivity contribution in [3.05, 3.63) is 94.9 Å². The summed E-state index contributed by atoms with van der Waals surface area (Å²) in [4.78, 5) is 19.6. The molecule has 178 valence electrons. The molecule has 1 unspecified atom stereocenters. The second kappa shape index (κ2) is 9.62. The van der Waals surface area contributed by atoms with Crippen molar-refractivity contribution in [2.24, 2.45) is 0 Å². The van der Waals surface area contributed by atoms with Gasteiger partial charge in [0.2, 0.25) is 0 Å². The number of H-pyrrole nitrogens is 1. The molecule has 4 aromatic rings. The molecule has 2 aromatic heterocycles. The smallest absolute Gasteiger partial charge is 0.273 e. The zero-order valence-electron chi connectivity index (χ0n) is 20.1. The van der Waals surface area contributed by atoms with Gasteiger partial charge in [-0.15, -0.1) is 0 Å². The number of carbonyl (C=O) groups excluding carboxylic acids is 1. The van der Waals surface area contributed by atoms with E-state index in [1.165, 1.54) is 5.56 Å². The standard InChI is InChI=1S/C28H28N4O3/c1-4-34-22-11-10-21(16-23(22)35-5-2)27-24-25(20-8-6-18(3)7-9-20)30-31-26(24)28(33)32(27)17-19-12-14-29-15-13-19/h6-16,27H,4-5,17H2,1-3H3,(H,30,31). The fourth-order valence-corrected chi connectivity index (χ4v) is 4.56. The van der Waals surface area contributed by atoms with Crippen molar-refractivity contribution in [3.8, 4) is 22.8 Å². The summed E-state index contributed by atoms with van der Waals surface area (Å²) in [5.41, 5.74) is 6.25. The molecular formula is C28H28N4O3. The number of amides is 1. The number of nitrogens with zero attached hydrogens (tertiary/aromatic N) is 3. The van der Waals surface area contributed by atoms with E-state index in [-0.39, 0.29) is 11.9 Å². The highest BCUT2D eigenvalue weighted by atomic mass is 16.5. The molecule has 0 aliphatic carbocycles. The molecule has 1 atom stereocenters. The topological polar surface area (TPSA) is 80.3 Å². The number of ether oxygens (including phenoxy) is 2. The lowest BCUT2D eigenvalue weighted by atomic mass is 9.95. The van der Waals surface area contributed by atoms with Gasteiger partial charge in [-0.3, -0.25) is 14.9 Å². The Labute approximate surface area is 204 Å². The lowest BCUT2D eigenvalue weighted by Gasteiger charge is -2.27. The van der Waals surface area contributed by atoms with E-state index in [0.29, 0.717) is 37.0 Å². The Morgan fingerprint density at radius 1 is 0.943 bits per heavy atom. The van der Waals surface area contributed by atoms with Crippen LogP contribution in [0.5, 0.6) is 11.5 Å². The van der Waals surface area contributed by atoms with E-state index in [1.807, 2.05) is 61.2 Å². The molecule has 1 N–H and O–H groups in total. The van der Waals surface area contributed by atoms with Crippen molar-refractivity contribution in [1.29, 1.82) is 0 Å². The quantitative estimate of drug-likeness (QED) is 0.378.